The Morgan fingerprint density at radius 1 is 1.00 bits per heavy atom. The van der Waals surface area contributed by atoms with Gasteiger partial charge in [0.2, 0.25) is 0 Å². The van der Waals surface area contributed by atoms with E-state index < -0.39 is 6.10 Å². The summed E-state index contributed by atoms with van der Waals surface area (Å²) in [6.45, 7) is 0.567. The molecule has 1 saturated carbocycles. The number of benzene rings is 2. The highest BCUT2D eigenvalue weighted by Gasteiger charge is 2.42. The van der Waals surface area contributed by atoms with Gasteiger partial charge in [0.15, 0.2) is 5.82 Å². The second kappa shape index (κ2) is 9.67. The fourth-order valence-corrected chi connectivity index (χ4v) is 4.54. The van der Waals surface area contributed by atoms with Crippen LogP contribution in [0.4, 0.5) is 0 Å². The maximum absolute atomic E-state index is 10.5. The molecule has 156 valence electrons. The summed E-state index contributed by atoms with van der Waals surface area (Å²) in [4.78, 5) is 9.15. The van der Waals surface area contributed by atoms with Gasteiger partial charge in [0, 0.05) is 47.6 Å². The zero-order valence-corrected chi connectivity index (χ0v) is 17.4. The van der Waals surface area contributed by atoms with Gasteiger partial charge in [0.1, 0.15) is 0 Å². The lowest BCUT2D eigenvalue weighted by Crippen LogP contribution is -2.36. The van der Waals surface area contributed by atoms with Gasteiger partial charge in [-0.15, -0.1) is 0 Å². The predicted octanol–water partition coefficient (Wildman–Crippen LogP) is 3.49. The minimum Gasteiger partial charge on any atom is -0.396 e. The number of nitrogens with zero attached hydrogens (tertiary/aromatic N) is 2. The van der Waals surface area contributed by atoms with E-state index >= 15 is 0 Å². The largest absolute Gasteiger partial charge is 0.396 e. The quantitative estimate of drug-likeness (QED) is 0.542. The van der Waals surface area contributed by atoms with Crippen LogP contribution < -0.4 is 5.32 Å². The van der Waals surface area contributed by atoms with Crippen LogP contribution in [0.15, 0.2) is 66.9 Å². The smallest absolute Gasteiger partial charge is 0.159 e. The van der Waals surface area contributed by atoms with Crippen LogP contribution in [-0.4, -0.2) is 38.9 Å². The molecule has 30 heavy (non-hydrogen) atoms. The predicted molar refractivity (Wildman–Crippen MR) is 118 cm³/mol. The lowest BCUT2D eigenvalue weighted by Gasteiger charge is -2.25. The normalized spacial score (nSPS) is 23.6. The molecule has 4 unspecified atom stereocenters. The van der Waals surface area contributed by atoms with Crippen LogP contribution in [0, 0.1) is 11.8 Å². The summed E-state index contributed by atoms with van der Waals surface area (Å²) in [5.74, 6) is 0.558. The highest BCUT2D eigenvalue weighted by Crippen LogP contribution is 2.35. The molecule has 0 bridgehead atoms. The summed E-state index contributed by atoms with van der Waals surface area (Å²) in [7, 11) is 0. The first-order valence-corrected chi connectivity index (χ1v) is 10.7. The standard InChI is InChI=1S/C24H26ClN3O2/c25-21-9-5-4-8-17(21)14-27-22-13-23(30)20(15-29)19(22)12-18-10-11-26-24(28-18)16-6-2-1-3-7-16/h1-11,19-20,22-23,27,29-30H,12-15H2. The molecule has 2 aromatic carbocycles. The molecule has 4 rings (SSSR count). The molecule has 4 atom stereocenters. The zero-order valence-electron chi connectivity index (χ0n) is 16.7. The van der Waals surface area contributed by atoms with Crippen molar-refractivity contribution in [2.24, 2.45) is 11.8 Å². The van der Waals surface area contributed by atoms with E-state index in [9.17, 15) is 10.2 Å². The van der Waals surface area contributed by atoms with Crippen molar-refractivity contribution >= 4 is 11.6 Å². The minimum absolute atomic E-state index is 0.0489. The average molecular weight is 424 g/mol. The summed E-state index contributed by atoms with van der Waals surface area (Å²) in [6.07, 6.45) is 2.48. The molecule has 5 nitrogen and oxygen atoms in total. The Hall–Kier alpha value is -2.31. The molecule has 6 heteroatoms. The van der Waals surface area contributed by atoms with Crippen molar-refractivity contribution in [3.63, 3.8) is 0 Å². The number of rotatable bonds is 7. The lowest BCUT2D eigenvalue weighted by atomic mass is 9.88. The van der Waals surface area contributed by atoms with E-state index in [1.807, 2.05) is 60.7 Å². The molecule has 1 aliphatic rings. The first-order chi connectivity index (χ1) is 14.7. The van der Waals surface area contributed by atoms with Crippen LogP contribution in [0.2, 0.25) is 5.02 Å². The van der Waals surface area contributed by atoms with Gasteiger partial charge in [-0.3, -0.25) is 0 Å². The van der Waals surface area contributed by atoms with Gasteiger partial charge < -0.3 is 15.5 Å². The molecule has 3 aromatic rings. The van der Waals surface area contributed by atoms with Crippen molar-refractivity contribution in [3.05, 3.63) is 83.1 Å². The van der Waals surface area contributed by atoms with Crippen LogP contribution in [0.3, 0.4) is 0 Å². The first kappa shape index (κ1) is 20.9. The molecule has 0 radical (unpaired) electrons. The molecule has 0 amide bonds. The van der Waals surface area contributed by atoms with Gasteiger partial charge in [0.05, 0.1) is 6.10 Å². The maximum atomic E-state index is 10.5. The van der Waals surface area contributed by atoms with Crippen molar-refractivity contribution < 1.29 is 10.2 Å². The van der Waals surface area contributed by atoms with Crippen molar-refractivity contribution in [2.75, 3.05) is 6.61 Å². The van der Waals surface area contributed by atoms with Crippen molar-refractivity contribution in [3.8, 4) is 11.4 Å². The molecule has 3 N–H and O–H groups in total. The third-order valence-corrected chi connectivity index (χ3v) is 6.34. The van der Waals surface area contributed by atoms with Gasteiger partial charge in [-0.05, 0) is 36.5 Å². The minimum atomic E-state index is -0.542. The van der Waals surface area contributed by atoms with E-state index in [0.29, 0.717) is 25.2 Å². The van der Waals surface area contributed by atoms with Crippen molar-refractivity contribution in [2.45, 2.75) is 31.5 Å². The number of hydrogen-bond donors (Lipinski definition) is 3. The van der Waals surface area contributed by atoms with Crippen LogP contribution in [0.25, 0.3) is 11.4 Å². The Morgan fingerprint density at radius 3 is 2.53 bits per heavy atom. The van der Waals surface area contributed by atoms with Crippen LogP contribution >= 0.6 is 11.6 Å². The van der Waals surface area contributed by atoms with Crippen molar-refractivity contribution in [1.82, 2.24) is 15.3 Å². The van der Waals surface area contributed by atoms with E-state index in [2.05, 4.69) is 10.3 Å². The molecule has 1 aromatic heterocycles. The third-order valence-electron chi connectivity index (χ3n) is 5.97. The highest BCUT2D eigenvalue weighted by molar-refractivity contribution is 6.31. The number of aliphatic hydroxyl groups excluding tert-OH is 2. The SMILES string of the molecule is OCC1C(O)CC(NCc2ccccc2Cl)C1Cc1ccnc(-c2ccccc2)n1. The summed E-state index contributed by atoms with van der Waals surface area (Å²) < 4.78 is 0. The Balaban J connectivity index is 1.52. The summed E-state index contributed by atoms with van der Waals surface area (Å²) >= 11 is 6.29. The van der Waals surface area contributed by atoms with E-state index in [4.69, 9.17) is 16.6 Å². The molecule has 0 aliphatic heterocycles. The van der Waals surface area contributed by atoms with Gasteiger partial charge in [-0.2, -0.15) is 0 Å². The highest BCUT2D eigenvalue weighted by atomic mass is 35.5. The Kier molecular flexibility index (Phi) is 6.75. The molecule has 1 heterocycles. The zero-order chi connectivity index (χ0) is 20.9. The Morgan fingerprint density at radius 2 is 1.77 bits per heavy atom. The molecule has 1 aliphatic carbocycles. The fourth-order valence-electron chi connectivity index (χ4n) is 4.34. The number of halogens is 1. The molecule has 0 saturated heterocycles. The van der Waals surface area contributed by atoms with Crippen molar-refractivity contribution in [1.29, 1.82) is 0 Å². The number of aromatic nitrogens is 2. The monoisotopic (exact) mass is 423 g/mol. The summed E-state index contributed by atoms with van der Waals surface area (Å²) in [5, 5.41) is 24.7. The summed E-state index contributed by atoms with van der Waals surface area (Å²) in [5.41, 5.74) is 2.90. The van der Waals surface area contributed by atoms with E-state index in [1.54, 1.807) is 6.20 Å². The lowest BCUT2D eigenvalue weighted by molar-refractivity contribution is 0.0716. The van der Waals surface area contributed by atoms with Gasteiger partial charge in [0.25, 0.3) is 0 Å². The second-order valence-corrected chi connectivity index (χ2v) is 8.24. The van der Waals surface area contributed by atoms with E-state index in [0.717, 1.165) is 21.8 Å². The molecule has 1 fully saturated rings. The molecular weight excluding hydrogens is 398 g/mol. The van der Waals surface area contributed by atoms with Crippen LogP contribution in [-0.2, 0) is 13.0 Å². The number of nitrogens with one attached hydrogen (secondary N) is 1. The first-order valence-electron chi connectivity index (χ1n) is 10.3. The Bertz CT molecular complexity index is 969. The Labute approximate surface area is 181 Å². The van der Waals surface area contributed by atoms with E-state index in [1.165, 1.54) is 0 Å². The van der Waals surface area contributed by atoms with Crippen LogP contribution in [0.5, 0.6) is 0 Å². The number of hydrogen-bond acceptors (Lipinski definition) is 5. The van der Waals surface area contributed by atoms with Crippen LogP contribution in [0.1, 0.15) is 17.7 Å². The average Bonchev–Trinajstić information content (AvgIpc) is 3.08. The molecule has 0 spiro atoms. The fraction of sp³-hybridized carbons (Fsp3) is 0.333. The summed E-state index contributed by atoms with van der Waals surface area (Å²) in [6, 6.07) is 19.6. The van der Waals surface area contributed by atoms with Gasteiger partial charge >= 0.3 is 0 Å². The third kappa shape index (κ3) is 4.71. The van der Waals surface area contributed by atoms with Gasteiger partial charge in [-0.25, -0.2) is 9.97 Å². The van der Waals surface area contributed by atoms with E-state index in [-0.39, 0.29) is 24.5 Å². The maximum Gasteiger partial charge on any atom is 0.159 e. The molecular formula is C24H26ClN3O2. The topological polar surface area (TPSA) is 78.3 Å². The number of aliphatic hydroxyl groups is 2. The second-order valence-electron chi connectivity index (χ2n) is 7.83. The van der Waals surface area contributed by atoms with Gasteiger partial charge in [-0.1, -0.05) is 60.1 Å².